The van der Waals surface area contributed by atoms with Crippen molar-refractivity contribution in [3.8, 4) is 0 Å². The van der Waals surface area contributed by atoms with Gasteiger partial charge in [0, 0.05) is 12.1 Å². The van der Waals surface area contributed by atoms with Gasteiger partial charge in [-0.25, -0.2) is 4.98 Å². The van der Waals surface area contributed by atoms with E-state index in [1.165, 1.54) is 12.1 Å². The summed E-state index contributed by atoms with van der Waals surface area (Å²) in [5.74, 6) is -0.315. The number of nitrogens with one attached hydrogen (secondary N) is 1. The lowest BCUT2D eigenvalue weighted by atomic mass is 9.92. The molecule has 0 saturated heterocycles. The molecule has 6 heteroatoms. The minimum Gasteiger partial charge on any atom is -0.388 e. The second-order valence-electron chi connectivity index (χ2n) is 4.70. The number of aliphatic hydroxyl groups is 1. The molecule has 0 aliphatic carbocycles. The maximum absolute atomic E-state index is 11.9. The first-order valence-corrected chi connectivity index (χ1v) is 6.31. The molecule has 1 atom stereocenters. The van der Waals surface area contributed by atoms with Crippen LogP contribution in [-0.2, 0) is 0 Å². The average molecular weight is 291 g/mol. The molecule has 1 amide bonds. The number of carbonyl (C=O) groups is 1. The van der Waals surface area contributed by atoms with Crippen molar-refractivity contribution in [3.05, 3.63) is 28.0 Å². The predicted octanol–water partition coefficient (Wildman–Crippen LogP) is 2.53. The minimum atomic E-state index is -0.962. The Bertz CT molecular complexity index is 427. The molecule has 0 aromatic carbocycles. The molecule has 1 heterocycles. The molecule has 0 bridgehead atoms. The highest BCUT2D eigenvalue weighted by Gasteiger charge is 2.25. The number of nitrogens with zero attached hydrogens (tertiary/aromatic N) is 1. The Morgan fingerprint density at radius 3 is 2.39 bits per heavy atom. The Balaban J connectivity index is 2.72. The third-order valence-electron chi connectivity index (χ3n) is 2.88. The summed E-state index contributed by atoms with van der Waals surface area (Å²) in [6, 6.07) is 2.85. The zero-order valence-electron chi connectivity index (χ0n) is 10.5. The molecule has 18 heavy (non-hydrogen) atoms. The van der Waals surface area contributed by atoms with Gasteiger partial charge >= 0.3 is 0 Å². The van der Waals surface area contributed by atoms with E-state index in [2.05, 4.69) is 10.3 Å². The fourth-order valence-electron chi connectivity index (χ4n) is 1.16. The molecular weight excluding hydrogens is 275 g/mol. The highest BCUT2D eigenvalue weighted by molar-refractivity contribution is 6.33. The lowest BCUT2D eigenvalue weighted by Gasteiger charge is -2.27. The summed E-state index contributed by atoms with van der Waals surface area (Å²) in [4.78, 5) is 15.6. The number of carbonyl (C=O) groups excluding carboxylic acids is 1. The van der Waals surface area contributed by atoms with Gasteiger partial charge in [-0.05, 0) is 25.0 Å². The molecule has 0 aliphatic heterocycles. The summed E-state index contributed by atoms with van der Waals surface area (Å²) in [5.41, 5.74) is -0.643. The van der Waals surface area contributed by atoms with Gasteiger partial charge in [-0.3, -0.25) is 4.79 Å². The summed E-state index contributed by atoms with van der Waals surface area (Å²) in [5, 5.41) is 13.0. The lowest BCUT2D eigenvalue weighted by Crippen LogP contribution is -2.44. The quantitative estimate of drug-likeness (QED) is 0.838. The van der Waals surface area contributed by atoms with Crippen molar-refractivity contribution in [1.82, 2.24) is 10.3 Å². The molecule has 2 N–H and O–H groups in total. The van der Waals surface area contributed by atoms with E-state index in [9.17, 15) is 9.90 Å². The van der Waals surface area contributed by atoms with Crippen LogP contribution in [0.4, 0.5) is 0 Å². The topological polar surface area (TPSA) is 62.2 Å². The normalized spacial score (nSPS) is 14.4. The Kier molecular flexibility index (Phi) is 4.96. The SMILES string of the molecule is CC(C)C(C)(O)CNC(=O)c1cc(Cl)nc(Cl)c1. The van der Waals surface area contributed by atoms with Gasteiger partial charge in [0.2, 0.25) is 0 Å². The van der Waals surface area contributed by atoms with Crippen LogP contribution in [0.15, 0.2) is 12.1 Å². The predicted molar refractivity (Wildman–Crippen MR) is 72.1 cm³/mol. The van der Waals surface area contributed by atoms with Crippen LogP contribution in [0.1, 0.15) is 31.1 Å². The highest BCUT2D eigenvalue weighted by Crippen LogP contribution is 2.16. The lowest BCUT2D eigenvalue weighted by molar-refractivity contribution is 0.0142. The van der Waals surface area contributed by atoms with Gasteiger partial charge in [0.15, 0.2) is 0 Å². The Labute approximate surface area is 116 Å². The van der Waals surface area contributed by atoms with Crippen molar-refractivity contribution in [2.24, 2.45) is 5.92 Å². The second kappa shape index (κ2) is 5.87. The molecule has 0 radical (unpaired) electrons. The van der Waals surface area contributed by atoms with Gasteiger partial charge in [-0.2, -0.15) is 0 Å². The average Bonchev–Trinajstić information content (AvgIpc) is 2.24. The van der Waals surface area contributed by atoms with Crippen LogP contribution >= 0.6 is 23.2 Å². The van der Waals surface area contributed by atoms with E-state index in [-0.39, 0.29) is 28.7 Å². The molecular formula is C12H16Cl2N2O2. The fourth-order valence-corrected chi connectivity index (χ4v) is 1.62. The minimum absolute atomic E-state index is 0.0300. The van der Waals surface area contributed by atoms with E-state index in [4.69, 9.17) is 23.2 Å². The molecule has 0 saturated carbocycles. The van der Waals surface area contributed by atoms with Crippen LogP contribution in [0.25, 0.3) is 0 Å². The summed E-state index contributed by atoms with van der Waals surface area (Å²) in [7, 11) is 0. The van der Waals surface area contributed by atoms with Crippen LogP contribution in [0.3, 0.4) is 0 Å². The summed E-state index contributed by atoms with van der Waals surface area (Å²) >= 11 is 11.4. The molecule has 1 aromatic heterocycles. The van der Waals surface area contributed by atoms with Crippen LogP contribution in [-0.4, -0.2) is 28.1 Å². The van der Waals surface area contributed by atoms with Gasteiger partial charge in [-0.1, -0.05) is 37.0 Å². The molecule has 100 valence electrons. The molecule has 1 aromatic rings. The van der Waals surface area contributed by atoms with E-state index in [0.717, 1.165) is 0 Å². The smallest absolute Gasteiger partial charge is 0.251 e. The standard InChI is InChI=1S/C12H16Cl2N2O2/c1-7(2)12(3,18)6-15-11(17)8-4-9(13)16-10(14)5-8/h4-5,7,18H,6H2,1-3H3,(H,15,17). The monoisotopic (exact) mass is 290 g/mol. The molecule has 1 rings (SSSR count). The van der Waals surface area contributed by atoms with Crippen LogP contribution in [0.5, 0.6) is 0 Å². The van der Waals surface area contributed by atoms with E-state index >= 15 is 0 Å². The third-order valence-corrected chi connectivity index (χ3v) is 3.26. The number of halogens is 2. The van der Waals surface area contributed by atoms with Crippen molar-refractivity contribution in [2.75, 3.05) is 6.54 Å². The summed E-state index contributed by atoms with van der Waals surface area (Å²) < 4.78 is 0. The van der Waals surface area contributed by atoms with Crippen molar-refractivity contribution < 1.29 is 9.90 Å². The summed E-state index contributed by atoms with van der Waals surface area (Å²) in [6.07, 6.45) is 0. The largest absolute Gasteiger partial charge is 0.388 e. The number of rotatable bonds is 4. The fraction of sp³-hybridized carbons (Fsp3) is 0.500. The molecule has 4 nitrogen and oxygen atoms in total. The first-order valence-electron chi connectivity index (χ1n) is 5.56. The first kappa shape index (κ1) is 15.2. The number of hydrogen-bond acceptors (Lipinski definition) is 3. The molecule has 0 aliphatic rings. The number of aromatic nitrogens is 1. The first-order chi connectivity index (χ1) is 8.22. The maximum atomic E-state index is 11.9. The zero-order valence-corrected chi connectivity index (χ0v) is 12.0. The number of hydrogen-bond donors (Lipinski definition) is 2. The van der Waals surface area contributed by atoms with Crippen LogP contribution in [0, 0.1) is 5.92 Å². The number of pyridine rings is 1. The van der Waals surface area contributed by atoms with Crippen LogP contribution < -0.4 is 5.32 Å². The van der Waals surface area contributed by atoms with Gasteiger partial charge < -0.3 is 10.4 Å². The van der Waals surface area contributed by atoms with Gasteiger partial charge in [0.25, 0.3) is 5.91 Å². The van der Waals surface area contributed by atoms with Crippen molar-refractivity contribution >= 4 is 29.1 Å². The maximum Gasteiger partial charge on any atom is 0.251 e. The Morgan fingerprint density at radius 2 is 1.94 bits per heavy atom. The zero-order chi connectivity index (χ0) is 13.9. The molecule has 0 fully saturated rings. The van der Waals surface area contributed by atoms with E-state index in [1.807, 2.05) is 13.8 Å². The van der Waals surface area contributed by atoms with Crippen molar-refractivity contribution in [3.63, 3.8) is 0 Å². The van der Waals surface area contributed by atoms with E-state index in [1.54, 1.807) is 6.92 Å². The van der Waals surface area contributed by atoms with Crippen molar-refractivity contribution in [2.45, 2.75) is 26.4 Å². The summed E-state index contributed by atoms with van der Waals surface area (Å²) in [6.45, 7) is 5.59. The number of amides is 1. The Hall–Kier alpha value is -0.840. The second-order valence-corrected chi connectivity index (χ2v) is 5.47. The van der Waals surface area contributed by atoms with Gasteiger partial charge in [0.05, 0.1) is 5.60 Å². The molecule has 1 unspecified atom stereocenters. The van der Waals surface area contributed by atoms with E-state index < -0.39 is 5.60 Å². The van der Waals surface area contributed by atoms with Gasteiger partial charge in [0.1, 0.15) is 10.3 Å². The van der Waals surface area contributed by atoms with Gasteiger partial charge in [-0.15, -0.1) is 0 Å². The molecule has 0 spiro atoms. The van der Waals surface area contributed by atoms with Crippen LogP contribution in [0.2, 0.25) is 10.3 Å². The van der Waals surface area contributed by atoms with E-state index in [0.29, 0.717) is 5.56 Å². The highest BCUT2D eigenvalue weighted by atomic mass is 35.5. The third kappa shape index (κ3) is 4.12. The van der Waals surface area contributed by atoms with Crippen molar-refractivity contribution in [1.29, 1.82) is 0 Å². The Morgan fingerprint density at radius 1 is 1.44 bits per heavy atom.